The van der Waals surface area contributed by atoms with Crippen LogP contribution in [0.3, 0.4) is 0 Å². The third-order valence-electron chi connectivity index (χ3n) is 4.21. The van der Waals surface area contributed by atoms with Crippen LogP contribution in [0.4, 0.5) is 0 Å². The van der Waals surface area contributed by atoms with Crippen LogP contribution >= 0.6 is 11.6 Å². The van der Waals surface area contributed by atoms with Crippen molar-refractivity contribution in [2.24, 2.45) is 0 Å². The maximum atomic E-state index is 12.5. The number of rotatable bonds is 7. The molecule has 1 aliphatic carbocycles. The Morgan fingerprint density at radius 3 is 2.36 bits per heavy atom. The summed E-state index contributed by atoms with van der Waals surface area (Å²) in [5, 5.41) is 6.06. The number of amides is 2. The molecule has 0 heterocycles. The summed E-state index contributed by atoms with van der Waals surface area (Å²) in [5.74, 6) is -0.939. The molecular formula is C17H23ClN2O4S. The maximum Gasteiger partial charge on any atom is 0.251 e. The number of nitrogens with one attached hydrogen (secondary N) is 2. The Labute approximate surface area is 153 Å². The molecule has 0 aliphatic heterocycles. The summed E-state index contributed by atoms with van der Waals surface area (Å²) in [7, 11) is -3.23. The third-order valence-corrected chi connectivity index (χ3v) is 5.44. The van der Waals surface area contributed by atoms with Crippen molar-refractivity contribution in [3.05, 3.63) is 34.9 Å². The molecule has 0 aromatic heterocycles. The molecular weight excluding hydrogens is 364 g/mol. The van der Waals surface area contributed by atoms with Crippen LogP contribution in [0.25, 0.3) is 0 Å². The summed E-state index contributed by atoms with van der Waals surface area (Å²) in [4.78, 5) is 24.8. The van der Waals surface area contributed by atoms with Gasteiger partial charge in [-0.3, -0.25) is 9.59 Å². The number of sulfone groups is 1. The SMILES string of the molecule is CS(=O)(=O)CC[C@H](NC(=O)c1ccc(Cl)cc1)C(=O)NC1CCCC1. The highest BCUT2D eigenvalue weighted by molar-refractivity contribution is 7.90. The predicted octanol–water partition coefficient (Wildman–Crippen LogP) is 1.93. The van der Waals surface area contributed by atoms with E-state index in [1.54, 1.807) is 24.3 Å². The van der Waals surface area contributed by atoms with Crippen LogP contribution in [0.1, 0.15) is 42.5 Å². The molecule has 1 aliphatic rings. The molecule has 1 aromatic carbocycles. The molecule has 2 amide bonds. The highest BCUT2D eigenvalue weighted by atomic mass is 35.5. The topological polar surface area (TPSA) is 92.3 Å². The van der Waals surface area contributed by atoms with Crippen molar-refractivity contribution in [1.82, 2.24) is 10.6 Å². The molecule has 6 nitrogen and oxygen atoms in total. The van der Waals surface area contributed by atoms with Crippen LogP contribution in [0.5, 0.6) is 0 Å². The van der Waals surface area contributed by atoms with Crippen LogP contribution in [0.2, 0.25) is 5.02 Å². The van der Waals surface area contributed by atoms with E-state index in [0.29, 0.717) is 10.6 Å². The van der Waals surface area contributed by atoms with Gasteiger partial charge in [-0.05, 0) is 43.5 Å². The van der Waals surface area contributed by atoms with Crippen molar-refractivity contribution in [1.29, 1.82) is 0 Å². The molecule has 1 atom stereocenters. The summed E-state index contributed by atoms with van der Waals surface area (Å²) in [5.41, 5.74) is 0.363. The van der Waals surface area contributed by atoms with Crippen LogP contribution in [-0.2, 0) is 14.6 Å². The van der Waals surface area contributed by atoms with Gasteiger partial charge in [0.05, 0.1) is 5.75 Å². The molecule has 0 saturated heterocycles. The lowest BCUT2D eigenvalue weighted by Gasteiger charge is -2.21. The molecule has 0 unspecified atom stereocenters. The first kappa shape index (κ1) is 19.7. The van der Waals surface area contributed by atoms with E-state index in [2.05, 4.69) is 10.6 Å². The third kappa shape index (κ3) is 6.66. The Balaban J connectivity index is 2.05. The number of halogens is 1. The second-order valence-corrected chi connectivity index (χ2v) is 9.14. The average molecular weight is 387 g/mol. The number of benzene rings is 1. The minimum atomic E-state index is -3.23. The zero-order valence-electron chi connectivity index (χ0n) is 14.1. The van der Waals surface area contributed by atoms with Gasteiger partial charge in [-0.15, -0.1) is 0 Å². The van der Waals surface area contributed by atoms with Crippen molar-refractivity contribution in [2.75, 3.05) is 12.0 Å². The lowest BCUT2D eigenvalue weighted by Crippen LogP contribution is -2.49. The lowest BCUT2D eigenvalue weighted by molar-refractivity contribution is -0.123. The molecule has 138 valence electrons. The predicted molar refractivity (Wildman–Crippen MR) is 97.4 cm³/mol. The fourth-order valence-corrected chi connectivity index (χ4v) is 3.61. The van der Waals surface area contributed by atoms with Gasteiger partial charge >= 0.3 is 0 Å². The fraction of sp³-hybridized carbons (Fsp3) is 0.529. The maximum absolute atomic E-state index is 12.5. The minimum absolute atomic E-state index is 0.0384. The summed E-state index contributed by atoms with van der Waals surface area (Å²) in [6.45, 7) is 0. The van der Waals surface area contributed by atoms with Gasteiger partial charge in [-0.25, -0.2) is 8.42 Å². The zero-order chi connectivity index (χ0) is 18.4. The molecule has 2 N–H and O–H groups in total. The molecule has 8 heteroatoms. The Bertz CT molecular complexity index is 713. The average Bonchev–Trinajstić information content (AvgIpc) is 3.03. The van der Waals surface area contributed by atoms with Crippen LogP contribution in [0, 0.1) is 0 Å². The first-order chi connectivity index (χ1) is 11.7. The number of carbonyl (C=O) groups excluding carboxylic acids is 2. The second kappa shape index (κ2) is 8.67. The highest BCUT2D eigenvalue weighted by Crippen LogP contribution is 2.18. The van der Waals surface area contributed by atoms with Crippen LogP contribution < -0.4 is 10.6 Å². The molecule has 0 bridgehead atoms. The van der Waals surface area contributed by atoms with Gasteiger partial charge in [0.25, 0.3) is 5.91 Å². The van der Waals surface area contributed by atoms with Gasteiger partial charge in [0.15, 0.2) is 0 Å². The lowest BCUT2D eigenvalue weighted by atomic mass is 10.1. The van der Waals surface area contributed by atoms with E-state index in [1.165, 1.54) is 0 Å². The summed E-state index contributed by atoms with van der Waals surface area (Å²) in [6, 6.07) is 5.49. The van der Waals surface area contributed by atoms with E-state index in [0.717, 1.165) is 31.9 Å². The number of carbonyl (C=O) groups is 2. The monoisotopic (exact) mass is 386 g/mol. The minimum Gasteiger partial charge on any atom is -0.352 e. The number of hydrogen-bond acceptors (Lipinski definition) is 4. The Hall–Kier alpha value is -1.60. The normalized spacial score (nSPS) is 16.4. The fourth-order valence-electron chi connectivity index (χ4n) is 2.82. The first-order valence-electron chi connectivity index (χ1n) is 8.29. The van der Waals surface area contributed by atoms with Gasteiger partial charge in [0.1, 0.15) is 15.9 Å². The van der Waals surface area contributed by atoms with Gasteiger partial charge < -0.3 is 10.6 Å². The molecule has 25 heavy (non-hydrogen) atoms. The largest absolute Gasteiger partial charge is 0.352 e. The van der Waals surface area contributed by atoms with E-state index in [4.69, 9.17) is 11.6 Å². The smallest absolute Gasteiger partial charge is 0.251 e. The molecule has 1 fully saturated rings. The summed E-state index contributed by atoms with van der Waals surface area (Å²) in [6.07, 6.45) is 5.11. The zero-order valence-corrected chi connectivity index (χ0v) is 15.7. The van der Waals surface area contributed by atoms with Gasteiger partial charge in [0.2, 0.25) is 5.91 Å². The van der Waals surface area contributed by atoms with E-state index in [1.807, 2.05) is 0 Å². The standard InChI is InChI=1S/C17H23ClN2O4S/c1-25(23,24)11-10-15(17(22)19-14-4-2-3-5-14)20-16(21)12-6-8-13(18)9-7-12/h6-9,14-15H,2-5,10-11H2,1H3,(H,19,22)(H,20,21)/t15-/m0/s1. The summed E-state index contributed by atoms with van der Waals surface area (Å²) >= 11 is 5.81. The van der Waals surface area contributed by atoms with E-state index >= 15 is 0 Å². The van der Waals surface area contributed by atoms with Crippen LogP contribution in [0.15, 0.2) is 24.3 Å². The quantitative estimate of drug-likeness (QED) is 0.748. The molecule has 1 aromatic rings. The second-order valence-electron chi connectivity index (χ2n) is 6.44. The van der Waals surface area contributed by atoms with Crippen LogP contribution in [-0.4, -0.2) is 44.3 Å². The molecule has 0 spiro atoms. The van der Waals surface area contributed by atoms with Crippen molar-refractivity contribution in [3.8, 4) is 0 Å². The van der Waals surface area contributed by atoms with E-state index < -0.39 is 21.8 Å². The van der Waals surface area contributed by atoms with Gasteiger partial charge in [0, 0.05) is 22.9 Å². The van der Waals surface area contributed by atoms with Crippen molar-refractivity contribution in [3.63, 3.8) is 0 Å². The molecule has 0 radical (unpaired) electrons. The molecule has 1 saturated carbocycles. The van der Waals surface area contributed by atoms with Crippen molar-refractivity contribution < 1.29 is 18.0 Å². The van der Waals surface area contributed by atoms with Gasteiger partial charge in [-0.2, -0.15) is 0 Å². The van der Waals surface area contributed by atoms with E-state index in [9.17, 15) is 18.0 Å². The Morgan fingerprint density at radius 1 is 1.20 bits per heavy atom. The van der Waals surface area contributed by atoms with Crippen molar-refractivity contribution in [2.45, 2.75) is 44.2 Å². The summed E-state index contributed by atoms with van der Waals surface area (Å²) < 4.78 is 22.9. The Morgan fingerprint density at radius 2 is 1.80 bits per heavy atom. The highest BCUT2D eigenvalue weighted by Gasteiger charge is 2.26. The van der Waals surface area contributed by atoms with Crippen molar-refractivity contribution >= 4 is 33.3 Å². The van der Waals surface area contributed by atoms with E-state index in [-0.39, 0.29) is 24.1 Å². The number of hydrogen-bond donors (Lipinski definition) is 2. The molecule has 2 rings (SSSR count). The van der Waals surface area contributed by atoms with Gasteiger partial charge in [-0.1, -0.05) is 24.4 Å². The first-order valence-corrected chi connectivity index (χ1v) is 10.7. The Kier molecular flexibility index (Phi) is 6.84.